The Bertz CT molecular complexity index is 476. The number of hydrogen-bond acceptors (Lipinski definition) is 1. The van der Waals surface area contributed by atoms with E-state index in [4.69, 9.17) is 0 Å². The lowest BCUT2D eigenvalue weighted by molar-refractivity contribution is 0.280. The molecule has 0 radical (unpaired) electrons. The predicted molar refractivity (Wildman–Crippen MR) is 84.1 cm³/mol. The number of nitrogens with one attached hydrogen (secondary N) is 1. The minimum atomic E-state index is -0.154. The maximum absolute atomic E-state index is 13.8. The topological polar surface area (TPSA) is 12.0 Å². The monoisotopic (exact) mass is 339 g/mol. The maximum atomic E-state index is 13.8. The van der Waals surface area contributed by atoms with Gasteiger partial charge in [-0.05, 0) is 83.6 Å². The highest BCUT2D eigenvalue weighted by molar-refractivity contribution is 9.10. The standard InChI is InChI=1S/C17H23BrFN/c1-2-20-17(13-5-6-15(18)16(19)9-13)10-14-8-11-3-4-12(14)7-11/h5-6,9,11-12,14,17,20H,2-4,7-8,10H2,1H3. The molecule has 3 rings (SSSR count). The van der Waals surface area contributed by atoms with Crippen LogP contribution >= 0.6 is 15.9 Å². The lowest BCUT2D eigenvalue weighted by Gasteiger charge is -2.27. The van der Waals surface area contributed by atoms with E-state index >= 15 is 0 Å². The van der Waals surface area contributed by atoms with Crippen LogP contribution in [0.3, 0.4) is 0 Å². The normalized spacial score (nSPS) is 29.9. The van der Waals surface area contributed by atoms with Crippen LogP contribution in [0.1, 0.15) is 50.6 Å². The van der Waals surface area contributed by atoms with E-state index in [1.807, 2.05) is 12.1 Å². The Hall–Kier alpha value is -0.410. The zero-order valence-corrected chi connectivity index (χ0v) is 13.6. The first-order valence-corrected chi connectivity index (χ1v) is 8.65. The summed E-state index contributed by atoms with van der Waals surface area (Å²) in [6.45, 7) is 3.06. The largest absolute Gasteiger partial charge is 0.310 e. The summed E-state index contributed by atoms with van der Waals surface area (Å²) < 4.78 is 14.3. The van der Waals surface area contributed by atoms with Crippen LogP contribution in [-0.4, -0.2) is 6.54 Å². The molecule has 2 aliphatic carbocycles. The Balaban J connectivity index is 1.73. The van der Waals surface area contributed by atoms with Gasteiger partial charge < -0.3 is 5.32 Å². The molecule has 0 heterocycles. The van der Waals surface area contributed by atoms with Gasteiger partial charge in [0.05, 0.1) is 4.47 Å². The number of fused-ring (bicyclic) bond motifs is 2. The summed E-state index contributed by atoms with van der Waals surface area (Å²) in [7, 11) is 0. The average Bonchev–Trinajstić information content (AvgIpc) is 3.04. The predicted octanol–water partition coefficient (Wildman–Crippen LogP) is 5.07. The van der Waals surface area contributed by atoms with Crippen molar-refractivity contribution in [3.05, 3.63) is 34.1 Å². The lowest BCUT2D eigenvalue weighted by atomic mass is 9.82. The van der Waals surface area contributed by atoms with Gasteiger partial charge in [0, 0.05) is 6.04 Å². The van der Waals surface area contributed by atoms with Crippen molar-refractivity contribution in [3.63, 3.8) is 0 Å². The average molecular weight is 340 g/mol. The van der Waals surface area contributed by atoms with Crippen molar-refractivity contribution in [1.82, 2.24) is 5.32 Å². The van der Waals surface area contributed by atoms with Crippen LogP contribution in [0.25, 0.3) is 0 Å². The molecule has 0 spiro atoms. The molecule has 0 aliphatic heterocycles. The van der Waals surface area contributed by atoms with E-state index in [2.05, 4.69) is 28.2 Å². The molecular weight excluding hydrogens is 317 g/mol. The van der Waals surface area contributed by atoms with Crippen molar-refractivity contribution in [2.45, 2.75) is 45.1 Å². The number of hydrogen-bond donors (Lipinski definition) is 1. The Kier molecular flexibility index (Phi) is 4.46. The number of rotatable bonds is 5. The van der Waals surface area contributed by atoms with E-state index in [1.165, 1.54) is 25.7 Å². The smallest absolute Gasteiger partial charge is 0.137 e. The first-order valence-electron chi connectivity index (χ1n) is 7.85. The SMILES string of the molecule is CCNC(CC1CC2CCC1C2)c1ccc(Br)c(F)c1. The zero-order chi connectivity index (χ0) is 14.1. The molecule has 0 saturated heterocycles. The third kappa shape index (κ3) is 2.94. The van der Waals surface area contributed by atoms with Gasteiger partial charge in [0.15, 0.2) is 0 Å². The summed E-state index contributed by atoms with van der Waals surface area (Å²) in [6.07, 6.45) is 6.86. The molecule has 2 aliphatic rings. The first-order chi connectivity index (χ1) is 9.67. The second kappa shape index (κ2) is 6.15. The molecule has 4 atom stereocenters. The van der Waals surface area contributed by atoms with E-state index in [0.717, 1.165) is 36.3 Å². The van der Waals surface area contributed by atoms with Crippen molar-refractivity contribution in [1.29, 1.82) is 0 Å². The Labute approximate surface area is 129 Å². The van der Waals surface area contributed by atoms with Crippen molar-refractivity contribution >= 4 is 15.9 Å². The molecule has 2 fully saturated rings. The number of halogens is 2. The summed E-state index contributed by atoms with van der Waals surface area (Å²) in [4.78, 5) is 0. The summed E-state index contributed by atoms with van der Waals surface area (Å²) >= 11 is 3.24. The van der Waals surface area contributed by atoms with Gasteiger partial charge in [-0.2, -0.15) is 0 Å². The van der Waals surface area contributed by atoms with Gasteiger partial charge in [-0.15, -0.1) is 0 Å². The van der Waals surface area contributed by atoms with E-state index < -0.39 is 0 Å². The van der Waals surface area contributed by atoms with Crippen LogP contribution in [0.15, 0.2) is 22.7 Å². The molecule has 2 saturated carbocycles. The summed E-state index contributed by atoms with van der Waals surface area (Å²) in [5, 5.41) is 3.55. The van der Waals surface area contributed by atoms with Crippen LogP contribution in [0, 0.1) is 23.6 Å². The molecule has 4 unspecified atom stereocenters. The van der Waals surface area contributed by atoms with Gasteiger partial charge in [0.2, 0.25) is 0 Å². The van der Waals surface area contributed by atoms with Crippen molar-refractivity contribution in [2.75, 3.05) is 6.54 Å². The molecule has 0 amide bonds. The summed E-state index contributed by atoms with van der Waals surface area (Å²) in [5.41, 5.74) is 1.09. The van der Waals surface area contributed by atoms with Gasteiger partial charge in [-0.25, -0.2) is 4.39 Å². The van der Waals surface area contributed by atoms with Crippen LogP contribution < -0.4 is 5.32 Å². The van der Waals surface area contributed by atoms with E-state index in [1.54, 1.807) is 6.07 Å². The Morgan fingerprint density at radius 1 is 1.35 bits per heavy atom. The second-order valence-electron chi connectivity index (χ2n) is 6.45. The van der Waals surface area contributed by atoms with Gasteiger partial charge >= 0.3 is 0 Å². The van der Waals surface area contributed by atoms with Crippen LogP contribution in [-0.2, 0) is 0 Å². The fourth-order valence-corrected chi connectivity index (χ4v) is 4.53. The Morgan fingerprint density at radius 3 is 2.80 bits per heavy atom. The van der Waals surface area contributed by atoms with Crippen molar-refractivity contribution in [3.8, 4) is 0 Å². The van der Waals surface area contributed by atoms with E-state index in [0.29, 0.717) is 10.5 Å². The highest BCUT2D eigenvalue weighted by Gasteiger charge is 2.40. The zero-order valence-electron chi connectivity index (χ0n) is 12.0. The molecule has 1 nitrogen and oxygen atoms in total. The van der Waals surface area contributed by atoms with Crippen molar-refractivity contribution in [2.24, 2.45) is 17.8 Å². The Morgan fingerprint density at radius 2 is 2.20 bits per heavy atom. The fourth-order valence-electron chi connectivity index (χ4n) is 4.28. The minimum absolute atomic E-state index is 0.154. The molecule has 1 aromatic rings. The van der Waals surface area contributed by atoms with Gasteiger partial charge in [0.25, 0.3) is 0 Å². The lowest BCUT2D eigenvalue weighted by Crippen LogP contribution is -2.25. The van der Waals surface area contributed by atoms with Crippen molar-refractivity contribution < 1.29 is 4.39 Å². The molecule has 110 valence electrons. The molecule has 1 N–H and O–H groups in total. The summed E-state index contributed by atoms with van der Waals surface area (Å²) in [6, 6.07) is 5.86. The quantitative estimate of drug-likeness (QED) is 0.789. The number of benzene rings is 1. The molecule has 0 aromatic heterocycles. The fraction of sp³-hybridized carbons (Fsp3) is 0.647. The van der Waals surface area contributed by atoms with Gasteiger partial charge in [-0.1, -0.05) is 19.4 Å². The van der Waals surface area contributed by atoms with Gasteiger partial charge in [0.1, 0.15) is 5.82 Å². The third-order valence-electron chi connectivity index (χ3n) is 5.22. The van der Waals surface area contributed by atoms with E-state index in [9.17, 15) is 4.39 Å². The molecule has 1 aromatic carbocycles. The third-order valence-corrected chi connectivity index (χ3v) is 5.86. The van der Waals surface area contributed by atoms with Crippen LogP contribution in [0.2, 0.25) is 0 Å². The van der Waals surface area contributed by atoms with Crippen LogP contribution in [0.4, 0.5) is 4.39 Å². The maximum Gasteiger partial charge on any atom is 0.137 e. The van der Waals surface area contributed by atoms with Crippen LogP contribution in [0.5, 0.6) is 0 Å². The minimum Gasteiger partial charge on any atom is -0.310 e. The molecule has 2 bridgehead atoms. The highest BCUT2D eigenvalue weighted by Crippen LogP contribution is 2.51. The molecule has 20 heavy (non-hydrogen) atoms. The highest BCUT2D eigenvalue weighted by atomic mass is 79.9. The van der Waals surface area contributed by atoms with Gasteiger partial charge in [-0.3, -0.25) is 0 Å². The molecular formula is C17H23BrFN. The summed E-state index contributed by atoms with van der Waals surface area (Å²) in [5.74, 6) is 2.60. The van der Waals surface area contributed by atoms with E-state index in [-0.39, 0.29) is 5.82 Å². The molecule has 3 heteroatoms. The first kappa shape index (κ1) is 14.5. The second-order valence-corrected chi connectivity index (χ2v) is 7.31.